The second-order valence-electron chi connectivity index (χ2n) is 12.1. The molecule has 2 N–H and O–H groups in total. The van der Waals surface area contributed by atoms with Crippen molar-refractivity contribution in [2.75, 3.05) is 6.61 Å². The molecule has 0 amide bonds. The molecule has 0 aliphatic heterocycles. The Kier molecular flexibility index (Phi) is 12.1. The van der Waals surface area contributed by atoms with E-state index in [1.54, 1.807) is 0 Å². The fraction of sp³-hybridized carbons (Fsp3) is 0.268. The lowest BCUT2D eigenvalue weighted by Gasteiger charge is -2.35. The van der Waals surface area contributed by atoms with E-state index in [1.165, 1.54) is 0 Å². The molecule has 0 aromatic heterocycles. The lowest BCUT2D eigenvalue weighted by molar-refractivity contribution is -0.182. The second kappa shape index (κ2) is 17.3. The van der Waals surface area contributed by atoms with E-state index in [1.807, 2.05) is 152 Å². The van der Waals surface area contributed by atoms with Gasteiger partial charge >= 0.3 is 0 Å². The number of rotatable bonds is 17. The Bertz CT molecular complexity index is 1610. The SMILES string of the molecule is O[C@]1(COCc2ccccc2)[C@@H](NOCc2ccccc2)[C@@H](OCc2ccccc2)[C@@H](OCc2ccccc2)[C@@H]1OCc1ccccc1. The molecule has 48 heavy (non-hydrogen) atoms. The Morgan fingerprint density at radius 2 is 0.833 bits per heavy atom. The highest BCUT2D eigenvalue weighted by molar-refractivity contribution is 5.20. The first kappa shape index (κ1) is 33.7. The highest BCUT2D eigenvalue weighted by Gasteiger charge is 2.63. The van der Waals surface area contributed by atoms with Crippen LogP contribution >= 0.6 is 0 Å². The Morgan fingerprint density at radius 1 is 0.458 bits per heavy atom. The van der Waals surface area contributed by atoms with E-state index in [0.29, 0.717) is 19.8 Å². The van der Waals surface area contributed by atoms with Crippen LogP contribution in [0, 0.1) is 0 Å². The number of hydroxylamine groups is 1. The zero-order chi connectivity index (χ0) is 32.9. The van der Waals surface area contributed by atoms with Gasteiger partial charge in [0.25, 0.3) is 0 Å². The van der Waals surface area contributed by atoms with Crippen molar-refractivity contribution in [3.8, 4) is 0 Å². The summed E-state index contributed by atoms with van der Waals surface area (Å²) in [6.07, 6.45) is -2.19. The topological polar surface area (TPSA) is 78.4 Å². The average molecular weight is 646 g/mol. The van der Waals surface area contributed by atoms with E-state index in [9.17, 15) is 5.11 Å². The minimum Gasteiger partial charge on any atom is -0.383 e. The van der Waals surface area contributed by atoms with E-state index < -0.39 is 30.0 Å². The van der Waals surface area contributed by atoms with E-state index in [4.69, 9.17) is 23.8 Å². The molecule has 7 heteroatoms. The maximum atomic E-state index is 12.8. The summed E-state index contributed by atoms with van der Waals surface area (Å²) in [6.45, 7) is 1.43. The lowest BCUT2D eigenvalue weighted by Crippen LogP contribution is -2.59. The van der Waals surface area contributed by atoms with E-state index in [2.05, 4.69) is 5.48 Å². The van der Waals surface area contributed by atoms with Gasteiger partial charge in [0, 0.05) is 0 Å². The molecular formula is C41H43NO6. The van der Waals surface area contributed by atoms with E-state index in [0.717, 1.165) is 27.8 Å². The monoisotopic (exact) mass is 645 g/mol. The van der Waals surface area contributed by atoms with Crippen molar-refractivity contribution in [2.45, 2.75) is 63.0 Å². The molecule has 1 aliphatic carbocycles. The molecule has 6 rings (SSSR count). The van der Waals surface area contributed by atoms with Crippen molar-refractivity contribution in [3.63, 3.8) is 0 Å². The van der Waals surface area contributed by atoms with Crippen LogP contribution in [0.4, 0.5) is 0 Å². The smallest absolute Gasteiger partial charge is 0.137 e. The molecule has 0 radical (unpaired) electrons. The van der Waals surface area contributed by atoms with Gasteiger partial charge in [-0.15, -0.1) is 0 Å². The third-order valence-corrected chi connectivity index (χ3v) is 8.56. The summed E-state index contributed by atoms with van der Waals surface area (Å²) in [5.74, 6) is 0. The fourth-order valence-corrected chi connectivity index (χ4v) is 6.05. The van der Waals surface area contributed by atoms with Gasteiger partial charge in [0.2, 0.25) is 0 Å². The van der Waals surface area contributed by atoms with Crippen LogP contribution in [0.5, 0.6) is 0 Å². The van der Waals surface area contributed by atoms with Crippen molar-refractivity contribution in [1.82, 2.24) is 5.48 Å². The van der Waals surface area contributed by atoms with Crippen molar-refractivity contribution >= 4 is 0 Å². The minimum atomic E-state index is -1.61. The van der Waals surface area contributed by atoms with Crippen LogP contribution in [-0.2, 0) is 56.8 Å². The van der Waals surface area contributed by atoms with Gasteiger partial charge in [0.1, 0.15) is 23.9 Å². The van der Waals surface area contributed by atoms with Gasteiger partial charge in [-0.25, -0.2) is 0 Å². The average Bonchev–Trinajstić information content (AvgIpc) is 3.36. The number of nitrogens with one attached hydrogen (secondary N) is 1. The Hall–Kier alpha value is -4.18. The Morgan fingerprint density at radius 3 is 1.29 bits per heavy atom. The summed E-state index contributed by atoms with van der Waals surface area (Å²) >= 11 is 0. The minimum absolute atomic E-state index is 0.0515. The number of ether oxygens (including phenoxy) is 4. The Balaban J connectivity index is 1.32. The molecule has 5 aromatic carbocycles. The first-order valence-corrected chi connectivity index (χ1v) is 16.4. The first-order valence-electron chi connectivity index (χ1n) is 16.4. The van der Waals surface area contributed by atoms with Crippen molar-refractivity contribution < 1.29 is 28.9 Å². The third-order valence-electron chi connectivity index (χ3n) is 8.56. The molecule has 0 saturated heterocycles. The van der Waals surface area contributed by atoms with Crippen LogP contribution in [0.15, 0.2) is 152 Å². The largest absolute Gasteiger partial charge is 0.383 e. The molecule has 1 saturated carbocycles. The van der Waals surface area contributed by atoms with Gasteiger partial charge in [-0.1, -0.05) is 152 Å². The van der Waals surface area contributed by atoms with Crippen molar-refractivity contribution in [2.24, 2.45) is 0 Å². The van der Waals surface area contributed by atoms with Crippen molar-refractivity contribution in [1.29, 1.82) is 0 Å². The normalized spacial score (nSPS) is 22.1. The predicted molar refractivity (Wildman–Crippen MR) is 184 cm³/mol. The standard InChI is InChI=1S/C41H43NO6/c43-41(31-44-26-32-16-6-1-7-17-32)39(42-48-30-36-24-14-5-15-25-36)37(45-27-33-18-8-2-9-19-33)38(46-28-34-20-10-3-11-21-34)40(41)47-29-35-22-12-4-13-23-35/h1-25,37-40,42-43H,26-31H2/t37-,38+,39-,40-,41+/m0/s1. The summed E-state index contributed by atoms with van der Waals surface area (Å²) in [4.78, 5) is 6.11. The van der Waals surface area contributed by atoms with Gasteiger partial charge < -0.3 is 24.1 Å². The number of aliphatic hydroxyl groups is 1. The maximum absolute atomic E-state index is 12.8. The molecular weight excluding hydrogens is 602 g/mol. The Labute approximate surface area is 283 Å². The van der Waals surface area contributed by atoms with Crippen LogP contribution in [0.2, 0.25) is 0 Å². The number of benzene rings is 5. The molecule has 1 fully saturated rings. The van der Waals surface area contributed by atoms with Gasteiger partial charge in [0.05, 0.1) is 45.7 Å². The number of hydrogen-bond acceptors (Lipinski definition) is 7. The zero-order valence-corrected chi connectivity index (χ0v) is 27.0. The summed E-state index contributed by atoms with van der Waals surface area (Å²) in [7, 11) is 0. The van der Waals surface area contributed by atoms with Crippen LogP contribution < -0.4 is 5.48 Å². The van der Waals surface area contributed by atoms with Crippen LogP contribution in [0.3, 0.4) is 0 Å². The summed E-state index contributed by atoms with van der Waals surface area (Å²) in [5.41, 5.74) is 6.56. The van der Waals surface area contributed by atoms with E-state index >= 15 is 0 Å². The maximum Gasteiger partial charge on any atom is 0.137 e. The van der Waals surface area contributed by atoms with Crippen molar-refractivity contribution in [3.05, 3.63) is 179 Å². The van der Waals surface area contributed by atoms with Crippen LogP contribution in [0.25, 0.3) is 0 Å². The van der Waals surface area contributed by atoms with Gasteiger partial charge in [-0.05, 0) is 27.8 Å². The molecule has 5 aromatic rings. The molecule has 0 bridgehead atoms. The summed E-state index contributed by atoms with van der Waals surface area (Å²) < 4.78 is 26.3. The fourth-order valence-electron chi connectivity index (χ4n) is 6.05. The third kappa shape index (κ3) is 9.04. The first-order chi connectivity index (χ1) is 23.7. The van der Waals surface area contributed by atoms with Crippen LogP contribution in [-0.4, -0.2) is 41.7 Å². The molecule has 7 nitrogen and oxygen atoms in total. The molecule has 248 valence electrons. The van der Waals surface area contributed by atoms with Crippen LogP contribution in [0.1, 0.15) is 27.8 Å². The zero-order valence-electron chi connectivity index (χ0n) is 27.0. The summed E-state index contributed by atoms with van der Waals surface area (Å²) in [6, 6.07) is 48.9. The van der Waals surface area contributed by atoms with E-state index in [-0.39, 0.29) is 19.8 Å². The molecule has 1 aliphatic rings. The molecule has 0 spiro atoms. The molecule has 0 heterocycles. The summed E-state index contributed by atoms with van der Waals surface area (Å²) in [5, 5.41) is 12.8. The highest BCUT2D eigenvalue weighted by atomic mass is 16.7. The van der Waals surface area contributed by atoms with Gasteiger partial charge in [-0.3, -0.25) is 4.84 Å². The van der Waals surface area contributed by atoms with Gasteiger partial charge in [0.15, 0.2) is 0 Å². The number of hydrogen-bond donors (Lipinski definition) is 2. The lowest BCUT2D eigenvalue weighted by atomic mass is 9.96. The quantitative estimate of drug-likeness (QED) is 0.108. The molecule has 0 unspecified atom stereocenters. The predicted octanol–water partition coefficient (Wildman–Crippen LogP) is 6.79. The van der Waals surface area contributed by atoms with Gasteiger partial charge in [-0.2, -0.15) is 5.48 Å². The second-order valence-corrected chi connectivity index (χ2v) is 12.1. The highest BCUT2D eigenvalue weighted by Crippen LogP contribution is 2.39. The molecule has 5 atom stereocenters.